The first kappa shape index (κ1) is 9.88. The van der Waals surface area contributed by atoms with Gasteiger partial charge in [0.05, 0.1) is 4.88 Å². The van der Waals surface area contributed by atoms with E-state index in [-0.39, 0.29) is 12.2 Å². The minimum absolute atomic E-state index is 0.143. The van der Waals surface area contributed by atoms with Gasteiger partial charge >= 0.3 is 5.97 Å². The zero-order valence-electron chi connectivity index (χ0n) is 6.77. The van der Waals surface area contributed by atoms with Gasteiger partial charge in [-0.05, 0) is 11.4 Å². The Morgan fingerprint density at radius 1 is 1.62 bits per heavy atom. The van der Waals surface area contributed by atoms with Crippen molar-refractivity contribution < 1.29 is 14.7 Å². The summed E-state index contributed by atoms with van der Waals surface area (Å²) in [5.41, 5.74) is 5.21. The van der Waals surface area contributed by atoms with Crippen molar-refractivity contribution in [1.29, 1.82) is 0 Å². The Morgan fingerprint density at radius 3 is 2.77 bits per heavy atom. The molecule has 5 heteroatoms. The van der Waals surface area contributed by atoms with E-state index in [9.17, 15) is 9.59 Å². The van der Waals surface area contributed by atoms with Gasteiger partial charge < -0.3 is 10.8 Å². The number of ketones is 1. The molecule has 0 radical (unpaired) electrons. The van der Waals surface area contributed by atoms with E-state index in [0.29, 0.717) is 4.88 Å². The Balaban J connectivity index is 2.56. The number of carboxylic acid groups (broad SMARTS) is 1. The maximum atomic E-state index is 11.3. The van der Waals surface area contributed by atoms with Crippen molar-refractivity contribution in [1.82, 2.24) is 0 Å². The van der Waals surface area contributed by atoms with Crippen LogP contribution in [0.5, 0.6) is 0 Å². The topological polar surface area (TPSA) is 80.4 Å². The predicted octanol–water partition coefficient (Wildman–Crippen LogP) is 0.733. The highest BCUT2D eigenvalue weighted by Gasteiger charge is 2.17. The van der Waals surface area contributed by atoms with Crippen molar-refractivity contribution in [2.45, 2.75) is 12.5 Å². The van der Waals surface area contributed by atoms with Gasteiger partial charge in [0.25, 0.3) is 0 Å². The maximum Gasteiger partial charge on any atom is 0.320 e. The van der Waals surface area contributed by atoms with E-state index in [4.69, 9.17) is 10.8 Å². The van der Waals surface area contributed by atoms with Crippen molar-refractivity contribution in [2.24, 2.45) is 5.73 Å². The van der Waals surface area contributed by atoms with E-state index in [1.54, 1.807) is 17.5 Å². The van der Waals surface area contributed by atoms with Crippen LogP contribution < -0.4 is 5.73 Å². The average molecular weight is 199 g/mol. The molecule has 1 heterocycles. The SMILES string of the molecule is NC(CC(=O)c1cccs1)C(=O)O. The van der Waals surface area contributed by atoms with E-state index >= 15 is 0 Å². The van der Waals surface area contributed by atoms with Gasteiger partial charge in [-0.15, -0.1) is 11.3 Å². The van der Waals surface area contributed by atoms with E-state index in [1.807, 2.05) is 0 Å². The number of hydrogen-bond donors (Lipinski definition) is 2. The van der Waals surface area contributed by atoms with Crippen molar-refractivity contribution >= 4 is 23.1 Å². The zero-order chi connectivity index (χ0) is 9.84. The smallest absolute Gasteiger partial charge is 0.320 e. The van der Waals surface area contributed by atoms with Crippen LogP contribution in [0, 0.1) is 0 Å². The molecule has 0 fully saturated rings. The summed E-state index contributed by atoms with van der Waals surface area (Å²) in [4.78, 5) is 22.2. The van der Waals surface area contributed by atoms with E-state index in [1.165, 1.54) is 11.3 Å². The average Bonchev–Trinajstić information content (AvgIpc) is 2.55. The lowest BCUT2D eigenvalue weighted by molar-refractivity contribution is -0.138. The Kier molecular flexibility index (Phi) is 3.16. The number of carbonyl (C=O) groups is 2. The van der Waals surface area contributed by atoms with Crippen molar-refractivity contribution in [2.75, 3.05) is 0 Å². The van der Waals surface area contributed by atoms with Gasteiger partial charge in [0.2, 0.25) is 0 Å². The molecule has 0 aromatic carbocycles. The van der Waals surface area contributed by atoms with Crippen LogP contribution in [0.1, 0.15) is 16.1 Å². The first-order valence-corrected chi connectivity index (χ1v) is 4.54. The molecule has 70 valence electrons. The van der Waals surface area contributed by atoms with Crippen LogP contribution in [0.15, 0.2) is 17.5 Å². The number of nitrogens with two attached hydrogens (primary N) is 1. The Bertz CT molecular complexity index is 307. The van der Waals surface area contributed by atoms with Gasteiger partial charge in [-0.3, -0.25) is 9.59 Å². The van der Waals surface area contributed by atoms with Crippen LogP contribution in [-0.2, 0) is 4.79 Å². The molecule has 0 aliphatic carbocycles. The van der Waals surface area contributed by atoms with Crippen LogP contribution in [0.3, 0.4) is 0 Å². The van der Waals surface area contributed by atoms with Crippen LogP contribution in [0.4, 0.5) is 0 Å². The molecule has 1 atom stereocenters. The lowest BCUT2D eigenvalue weighted by Crippen LogP contribution is -2.32. The molecule has 13 heavy (non-hydrogen) atoms. The quantitative estimate of drug-likeness (QED) is 0.700. The molecule has 1 rings (SSSR count). The summed E-state index contributed by atoms with van der Waals surface area (Å²) in [6, 6.07) is 2.29. The van der Waals surface area contributed by atoms with Gasteiger partial charge in [-0.2, -0.15) is 0 Å². The number of aliphatic carboxylic acids is 1. The second-order valence-corrected chi connectivity index (χ2v) is 3.50. The lowest BCUT2D eigenvalue weighted by atomic mass is 10.1. The molecule has 1 unspecified atom stereocenters. The minimum Gasteiger partial charge on any atom is -0.480 e. The number of hydrogen-bond acceptors (Lipinski definition) is 4. The van der Waals surface area contributed by atoms with E-state index in [2.05, 4.69) is 0 Å². The van der Waals surface area contributed by atoms with Crippen LogP contribution in [0.2, 0.25) is 0 Å². The van der Waals surface area contributed by atoms with Crippen molar-refractivity contribution in [3.63, 3.8) is 0 Å². The molecular formula is C8H9NO3S. The fourth-order valence-electron chi connectivity index (χ4n) is 0.825. The highest BCUT2D eigenvalue weighted by molar-refractivity contribution is 7.12. The molecule has 4 nitrogen and oxygen atoms in total. The Hall–Kier alpha value is -1.20. The molecular weight excluding hydrogens is 190 g/mol. The monoisotopic (exact) mass is 199 g/mol. The molecule has 0 spiro atoms. The van der Waals surface area contributed by atoms with Gasteiger partial charge in [0, 0.05) is 6.42 Å². The highest BCUT2D eigenvalue weighted by Crippen LogP contribution is 2.11. The van der Waals surface area contributed by atoms with E-state index in [0.717, 1.165) is 0 Å². The third-order valence-corrected chi connectivity index (χ3v) is 2.43. The standard InChI is InChI=1S/C8H9NO3S/c9-5(8(11)12)4-6(10)7-2-1-3-13-7/h1-3,5H,4,9H2,(H,11,12). The number of Topliss-reactive ketones (excluding diaryl/α,β-unsaturated/α-hetero) is 1. The Morgan fingerprint density at radius 2 is 2.31 bits per heavy atom. The lowest BCUT2D eigenvalue weighted by Gasteiger charge is -2.02. The molecule has 0 aliphatic rings. The molecule has 0 saturated heterocycles. The zero-order valence-corrected chi connectivity index (χ0v) is 7.58. The summed E-state index contributed by atoms with van der Waals surface area (Å²) in [5, 5.41) is 10.2. The summed E-state index contributed by atoms with van der Waals surface area (Å²) >= 11 is 1.29. The second kappa shape index (κ2) is 4.15. The first-order chi connectivity index (χ1) is 6.11. The fraction of sp³-hybridized carbons (Fsp3) is 0.250. The molecule has 0 aliphatic heterocycles. The summed E-state index contributed by atoms with van der Waals surface area (Å²) in [6.45, 7) is 0. The number of rotatable bonds is 4. The fourth-order valence-corrected chi connectivity index (χ4v) is 1.50. The van der Waals surface area contributed by atoms with E-state index < -0.39 is 12.0 Å². The van der Waals surface area contributed by atoms with Crippen LogP contribution in [-0.4, -0.2) is 22.9 Å². The summed E-state index contributed by atoms with van der Waals surface area (Å²) < 4.78 is 0. The summed E-state index contributed by atoms with van der Waals surface area (Å²) in [7, 11) is 0. The molecule has 3 N–H and O–H groups in total. The number of thiophene rings is 1. The van der Waals surface area contributed by atoms with Gasteiger partial charge in [-0.1, -0.05) is 6.07 Å². The molecule has 0 amide bonds. The maximum absolute atomic E-state index is 11.3. The van der Waals surface area contributed by atoms with Crippen molar-refractivity contribution in [3.05, 3.63) is 22.4 Å². The summed E-state index contributed by atoms with van der Waals surface area (Å²) in [5.74, 6) is -1.37. The molecule has 0 bridgehead atoms. The highest BCUT2D eigenvalue weighted by atomic mass is 32.1. The normalized spacial score (nSPS) is 12.4. The third kappa shape index (κ3) is 2.64. The van der Waals surface area contributed by atoms with Gasteiger partial charge in [0.15, 0.2) is 5.78 Å². The van der Waals surface area contributed by atoms with Gasteiger partial charge in [-0.25, -0.2) is 0 Å². The minimum atomic E-state index is -1.15. The number of carboxylic acids is 1. The summed E-state index contributed by atoms with van der Waals surface area (Å²) in [6.07, 6.45) is -0.143. The van der Waals surface area contributed by atoms with Gasteiger partial charge in [0.1, 0.15) is 6.04 Å². The molecule has 1 aromatic rings. The predicted molar refractivity (Wildman–Crippen MR) is 48.9 cm³/mol. The number of carbonyl (C=O) groups excluding carboxylic acids is 1. The van der Waals surface area contributed by atoms with Crippen molar-refractivity contribution in [3.8, 4) is 0 Å². The third-order valence-electron chi connectivity index (χ3n) is 1.52. The van der Waals surface area contributed by atoms with Crippen LogP contribution in [0.25, 0.3) is 0 Å². The second-order valence-electron chi connectivity index (χ2n) is 2.55. The largest absolute Gasteiger partial charge is 0.480 e. The molecule has 1 aromatic heterocycles. The van der Waals surface area contributed by atoms with Crippen LogP contribution >= 0.6 is 11.3 Å². The Labute approximate surface area is 79.0 Å². The molecule has 0 saturated carbocycles. The first-order valence-electron chi connectivity index (χ1n) is 3.66.